The van der Waals surface area contributed by atoms with Crippen molar-refractivity contribution < 1.29 is 19.1 Å². The van der Waals surface area contributed by atoms with Gasteiger partial charge < -0.3 is 4.74 Å². The van der Waals surface area contributed by atoms with Crippen LogP contribution in [-0.2, 0) is 14.3 Å². The van der Waals surface area contributed by atoms with Crippen molar-refractivity contribution in [3.8, 4) is 0 Å². The third-order valence-electron chi connectivity index (χ3n) is 3.60. The predicted molar refractivity (Wildman–Crippen MR) is 67.2 cm³/mol. The normalized spacial score (nSPS) is 21.2. The molecule has 0 bridgehead atoms. The van der Waals surface area contributed by atoms with Crippen LogP contribution in [0.2, 0.25) is 0 Å². The first-order valence-corrected chi connectivity index (χ1v) is 6.72. The molecule has 1 saturated carbocycles. The van der Waals surface area contributed by atoms with Gasteiger partial charge in [-0.15, -0.1) is 0 Å². The maximum Gasteiger partial charge on any atom is 0.330 e. The Morgan fingerprint density at radius 2 is 1.95 bits per heavy atom. The molecule has 0 radical (unpaired) electrons. The van der Waals surface area contributed by atoms with Gasteiger partial charge in [0.25, 0.3) is 0 Å². The van der Waals surface area contributed by atoms with E-state index in [0.29, 0.717) is 32.0 Å². The van der Waals surface area contributed by atoms with E-state index in [4.69, 9.17) is 4.74 Å². The number of nitrogens with one attached hydrogen (secondary N) is 1. The number of imide groups is 2. The van der Waals surface area contributed by atoms with Crippen molar-refractivity contribution in [1.82, 2.24) is 10.2 Å². The highest BCUT2D eigenvalue weighted by molar-refractivity contribution is 6.20. The summed E-state index contributed by atoms with van der Waals surface area (Å²) >= 11 is 0. The van der Waals surface area contributed by atoms with Crippen LogP contribution in [-0.4, -0.2) is 42.5 Å². The summed E-state index contributed by atoms with van der Waals surface area (Å²) in [7, 11) is 0. The number of ether oxygens (including phenoxy) is 1. The van der Waals surface area contributed by atoms with Gasteiger partial charge in [0.15, 0.2) is 0 Å². The Hall–Kier alpha value is -1.43. The minimum absolute atomic E-state index is 0.206. The molecule has 0 aromatic rings. The summed E-state index contributed by atoms with van der Waals surface area (Å²) in [5.74, 6) is -0.250. The summed E-state index contributed by atoms with van der Waals surface area (Å²) in [5.41, 5.74) is -0.953. The molecule has 1 heterocycles. The summed E-state index contributed by atoms with van der Waals surface area (Å²) in [5, 5.41) is 2.24. The lowest BCUT2D eigenvalue weighted by atomic mass is 10.0. The second-order valence-corrected chi connectivity index (χ2v) is 5.59. The molecule has 1 saturated heterocycles. The lowest BCUT2D eigenvalue weighted by molar-refractivity contribution is -0.145. The molecule has 19 heavy (non-hydrogen) atoms. The van der Waals surface area contributed by atoms with Crippen molar-refractivity contribution >= 4 is 17.8 Å². The molecule has 1 aliphatic heterocycles. The number of hydrogen-bond donors (Lipinski definition) is 1. The van der Waals surface area contributed by atoms with Crippen LogP contribution in [0.1, 0.15) is 33.1 Å². The molecule has 6 nitrogen and oxygen atoms in total. The fourth-order valence-corrected chi connectivity index (χ4v) is 2.08. The van der Waals surface area contributed by atoms with Crippen molar-refractivity contribution in [3.05, 3.63) is 0 Å². The molecule has 1 spiro atoms. The van der Waals surface area contributed by atoms with Crippen LogP contribution in [0.25, 0.3) is 0 Å². The highest BCUT2D eigenvalue weighted by atomic mass is 16.5. The number of nitrogens with zero attached hydrogens (tertiary/aromatic N) is 1. The molecule has 106 valence electrons. The minimum Gasteiger partial charge on any atom is -0.380 e. The first-order valence-electron chi connectivity index (χ1n) is 6.72. The largest absolute Gasteiger partial charge is 0.380 e. The number of barbiturate groups is 1. The number of hydrogen-bond acceptors (Lipinski definition) is 4. The summed E-state index contributed by atoms with van der Waals surface area (Å²) < 4.78 is 5.40. The summed E-state index contributed by atoms with van der Waals surface area (Å²) in [6.45, 7) is 5.35. The maximum absolute atomic E-state index is 12.1. The van der Waals surface area contributed by atoms with Gasteiger partial charge in [-0.2, -0.15) is 0 Å². The number of urea groups is 1. The van der Waals surface area contributed by atoms with Gasteiger partial charge in [-0.25, -0.2) is 4.79 Å². The minimum atomic E-state index is -0.953. The standard InChI is InChI=1S/C13H20N2O4/c1-9(2)3-7-19-8-6-15-11(17)13(4-5-13)10(16)14-12(15)18/h9H,3-8H2,1-2H3,(H,14,16,18). The molecule has 2 fully saturated rings. The Morgan fingerprint density at radius 3 is 2.53 bits per heavy atom. The van der Waals surface area contributed by atoms with Gasteiger partial charge in [-0.05, 0) is 25.2 Å². The van der Waals surface area contributed by atoms with Crippen LogP contribution < -0.4 is 5.32 Å². The third-order valence-corrected chi connectivity index (χ3v) is 3.60. The fourth-order valence-electron chi connectivity index (χ4n) is 2.08. The third kappa shape index (κ3) is 2.78. The molecule has 0 atom stereocenters. The highest BCUT2D eigenvalue weighted by Crippen LogP contribution is 2.48. The average molecular weight is 268 g/mol. The van der Waals surface area contributed by atoms with Crippen LogP contribution >= 0.6 is 0 Å². The van der Waals surface area contributed by atoms with Crippen molar-refractivity contribution in [1.29, 1.82) is 0 Å². The van der Waals surface area contributed by atoms with Crippen LogP contribution in [0.15, 0.2) is 0 Å². The second-order valence-electron chi connectivity index (χ2n) is 5.59. The van der Waals surface area contributed by atoms with E-state index in [1.807, 2.05) is 0 Å². The molecule has 4 amide bonds. The lowest BCUT2D eigenvalue weighted by Crippen LogP contribution is -2.59. The second kappa shape index (κ2) is 5.28. The van der Waals surface area contributed by atoms with Crippen LogP contribution in [0, 0.1) is 11.3 Å². The zero-order valence-corrected chi connectivity index (χ0v) is 11.4. The molecule has 0 aromatic heterocycles. The fraction of sp³-hybridized carbons (Fsp3) is 0.769. The van der Waals surface area contributed by atoms with Gasteiger partial charge in [0.1, 0.15) is 5.41 Å². The zero-order chi connectivity index (χ0) is 14.0. The smallest absolute Gasteiger partial charge is 0.330 e. The number of carbonyl (C=O) groups excluding carboxylic acids is 3. The first kappa shape index (κ1) is 14.0. The van der Waals surface area contributed by atoms with Crippen molar-refractivity contribution in [2.75, 3.05) is 19.8 Å². The van der Waals surface area contributed by atoms with E-state index in [-0.39, 0.29) is 12.5 Å². The van der Waals surface area contributed by atoms with Gasteiger partial charge in [-0.1, -0.05) is 13.8 Å². The van der Waals surface area contributed by atoms with E-state index in [9.17, 15) is 14.4 Å². The molecule has 2 rings (SSSR count). The van der Waals surface area contributed by atoms with E-state index < -0.39 is 17.4 Å². The Bertz CT molecular complexity index is 401. The quantitative estimate of drug-likeness (QED) is 0.574. The average Bonchev–Trinajstić information content (AvgIpc) is 3.12. The van der Waals surface area contributed by atoms with Gasteiger partial charge in [0, 0.05) is 6.61 Å². The Labute approximate surface area is 112 Å². The molecule has 1 N–H and O–H groups in total. The monoisotopic (exact) mass is 268 g/mol. The first-order chi connectivity index (χ1) is 8.97. The number of rotatable bonds is 6. The van der Waals surface area contributed by atoms with Gasteiger partial charge in [-0.3, -0.25) is 19.8 Å². The van der Waals surface area contributed by atoms with Gasteiger partial charge >= 0.3 is 6.03 Å². The van der Waals surface area contributed by atoms with E-state index in [1.165, 1.54) is 0 Å². The van der Waals surface area contributed by atoms with Crippen LogP contribution in [0.5, 0.6) is 0 Å². The molecule has 0 unspecified atom stereocenters. The van der Waals surface area contributed by atoms with Crippen molar-refractivity contribution in [2.45, 2.75) is 33.1 Å². The Morgan fingerprint density at radius 1 is 1.26 bits per heavy atom. The molecule has 0 aromatic carbocycles. The number of carbonyl (C=O) groups is 3. The topological polar surface area (TPSA) is 75.7 Å². The van der Waals surface area contributed by atoms with Crippen LogP contribution in [0.4, 0.5) is 4.79 Å². The zero-order valence-electron chi connectivity index (χ0n) is 11.4. The highest BCUT2D eigenvalue weighted by Gasteiger charge is 2.62. The molecular formula is C13H20N2O4. The van der Waals surface area contributed by atoms with E-state index in [2.05, 4.69) is 19.2 Å². The predicted octanol–water partition coefficient (Wildman–Crippen LogP) is 0.908. The van der Waals surface area contributed by atoms with Crippen molar-refractivity contribution in [3.63, 3.8) is 0 Å². The van der Waals surface area contributed by atoms with Crippen molar-refractivity contribution in [2.24, 2.45) is 11.3 Å². The lowest BCUT2D eigenvalue weighted by Gasteiger charge is -2.30. The molecular weight excluding hydrogens is 248 g/mol. The van der Waals surface area contributed by atoms with Crippen LogP contribution in [0.3, 0.4) is 0 Å². The Kier molecular flexibility index (Phi) is 3.89. The number of amides is 4. The summed E-state index contributed by atoms with van der Waals surface area (Å²) in [4.78, 5) is 36.4. The summed E-state index contributed by atoms with van der Waals surface area (Å²) in [6, 6.07) is -0.625. The van der Waals surface area contributed by atoms with E-state index in [1.54, 1.807) is 0 Å². The molecule has 1 aliphatic carbocycles. The van der Waals surface area contributed by atoms with Gasteiger partial charge in [0.05, 0.1) is 13.2 Å². The SMILES string of the molecule is CC(C)CCOCCN1C(=O)NC(=O)C2(CC2)C1=O. The molecule has 6 heteroatoms. The molecule has 2 aliphatic rings. The summed E-state index contributed by atoms with van der Waals surface area (Å²) in [6.07, 6.45) is 2.02. The van der Waals surface area contributed by atoms with E-state index >= 15 is 0 Å². The van der Waals surface area contributed by atoms with E-state index in [0.717, 1.165) is 11.3 Å². The maximum atomic E-state index is 12.1. The van der Waals surface area contributed by atoms with Gasteiger partial charge in [0.2, 0.25) is 11.8 Å². The Balaban J connectivity index is 1.81.